The van der Waals surface area contributed by atoms with Gasteiger partial charge in [0.25, 0.3) is 0 Å². The highest BCUT2D eigenvalue weighted by atomic mass is 31.2. The van der Waals surface area contributed by atoms with Gasteiger partial charge in [-0.05, 0) is 43.3 Å². The molecule has 3 aromatic rings. The maximum atomic E-state index is 13.4. The number of ether oxygens (including phenoxy) is 4. The molecule has 334 valence electrons. The Balaban J connectivity index is 1.07. The summed E-state index contributed by atoms with van der Waals surface area (Å²) in [4.78, 5) is 14.9. The van der Waals surface area contributed by atoms with Crippen LogP contribution in [0.4, 0.5) is 5.82 Å². The second kappa shape index (κ2) is 23.3. The summed E-state index contributed by atoms with van der Waals surface area (Å²) < 4.78 is 49.5. The molecule has 0 bridgehead atoms. The predicted octanol–water partition coefficient (Wildman–Crippen LogP) is 6.82. The van der Waals surface area contributed by atoms with Crippen molar-refractivity contribution in [2.24, 2.45) is 0 Å². The largest absolute Gasteiger partial charge is 0.495 e. The molecule has 1 spiro atoms. The minimum Gasteiger partial charge on any atom is -0.495 e. The molecule has 5 rings (SSSR count). The lowest BCUT2D eigenvalue weighted by molar-refractivity contribution is -0.128. The molecule has 2 aliphatic rings. The zero-order valence-electron chi connectivity index (χ0n) is 35.6. The fraction of sp³-hybridized carbons (Fsp3) is 0.698. The van der Waals surface area contributed by atoms with E-state index in [1.807, 2.05) is 0 Å². The van der Waals surface area contributed by atoms with Crippen molar-refractivity contribution in [1.29, 1.82) is 5.26 Å². The first kappa shape index (κ1) is 47.8. The van der Waals surface area contributed by atoms with Crippen molar-refractivity contribution in [3.63, 3.8) is 0 Å². The van der Waals surface area contributed by atoms with Crippen molar-refractivity contribution in [3.05, 3.63) is 53.5 Å². The Morgan fingerprint density at radius 1 is 0.983 bits per heavy atom. The van der Waals surface area contributed by atoms with Crippen molar-refractivity contribution < 1.29 is 47.7 Å². The molecule has 1 saturated carbocycles. The summed E-state index contributed by atoms with van der Waals surface area (Å²) in [5.74, 6) is 0.616. The van der Waals surface area contributed by atoms with Gasteiger partial charge in [-0.3, -0.25) is 14.4 Å². The molecule has 1 aliphatic carbocycles. The number of phosphoric ester groups is 1. The first-order valence-corrected chi connectivity index (χ1v) is 23.3. The van der Waals surface area contributed by atoms with Gasteiger partial charge in [0.05, 0.1) is 38.2 Å². The second-order valence-electron chi connectivity index (χ2n) is 16.1. The van der Waals surface area contributed by atoms with Crippen LogP contribution in [0.15, 0.2) is 36.7 Å². The minimum absolute atomic E-state index is 0.00582. The quantitative estimate of drug-likeness (QED) is 0.0342. The average Bonchev–Trinajstić information content (AvgIpc) is 3.62. The number of aliphatic hydroxyl groups excluding tert-OH is 2. The molecule has 1 unspecified atom stereocenters. The van der Waals surface area contributed by atoms with Gasteiger partial charge in [0, 0.05) is 13.0 Å². The molecule has 3 heterocycles. The number of fused-ring (bicyclic) bond motifs is 1. The van der Waals surface area contributed by atoms with Crippen molar-refractivity contribution in [1.82, 2.24) is 19.9 Å². The van der Waals surface area contributed by atoms with E-state index in [1.54, 1.807) is 37.4 Å². The zero-order chi connectivity index (χ0) is 43.0. The van der Waals surface area contributed by atoms with Gasteiger partial charge in [0.15, 0.2) is 11.5 Å². The molecular formula is C43H67N6O10P. The van der Waals surface area contributed by atoms with E-state index < -0.39 is 43.6 Å². The number of phosphoric acid groups is 1. The van der Waals surface area contributed by atoms with Crippen molar-refractivity contribution in [3.8, 4) is 11.8 Å². The smallest absolute Gasteiger partial charge is 0.472 e. The van der Waals surface area contributed by atoms with Gasteiger partial charge in [-0.2, -0.15) is 10.4 Å². The van der Waals surface area contributed by atoms with Gasteiger partial charge in [0.2, 0.25) is 0 Å². The number of aliphatic hydroxyl groups is 2. The monoisotopic (exact) mass is 858 g/mol. The van der Waals surface area contributed by atoms with Crippen LogP contribution >= 0.6 is 7.82 Å². The molecule has 1 aliphatic heterocycles. The van der Waals surface area contributed by atoms with Crippen LogP contribution in [0.5, 0.6) is 5.75 Å². The third kappa shape index (κ3) is 12.5. The van der Waals surface area contributed by atoms with Crippen molar-refractivity contribution >= 4 is 19.2 Å². The first-order chi connectivity index (χ1) is 29.0. The highest BCUT2D eigenvalue weighted by molar-refractivity contribution is 7.47. The summed E-state index contributed by atoms with van der Waals surface area (Å²) in [6.07, 6.45) is 16.8. The molecule has 7 atom stereocenters. The van der Waals surface area contributed by atoms with Crippen LogP contribution in [0.3, 0.4) is 0 Å². The van der Waals surface area contributed by atoms with Crippen LogP contribution in [0.25, 0.3) is 5.52 Å². The van der Waals surface area contributed by atoms with Crippen LogP contribution in [-0.4, -0.2) is 93.7 Å². The number of rotatable bonds is 30. The van der Waals surface area contributed by atoms with E-state index in [9.17, 15) is 24.9 Å². The van der Waals surface area contributed by atoms with Gasteiger partial charge >= 0.3 is 7.82 Å². The van der Waals surface area contributed by atoms with Gasteiger partial charge in [-0.1, -0.05) is 109 Å². The number of hydrogen-bond donors (Lipinski definition) is 5. The number of nitrogen functional groups attached to an aromatic ring is 1. The number of methoxy groups -OCH3 is 1. The number of nitrogens with one attached hydrogen (secondary N) is 1. The number of likely N-dealkylation sites (N-methyl/N-ethyl adjacent to an activating group) is 1. The number of benzene rings is 1. The Labute approximate surface area is 354 Å². The second-order valence-corrected chi connectivity index (χ2v) is 17.5. The summed E-state index contributed by atoms with van der Waals surface area (Å²) in [5, 5.41) is 39.2. The Morgan fingerprint density at radius 2 is 1.63 bits per heavy atom. The Hall–Kier alpha value is -3.20. The van der Waals surface area contributed by atoms with Gasteiger partial charge in [-0.15, -0.1) is 0 Å². The Kier molecular flexibility index (Phi) is 18.6. The number of unbranched alkanes of at least 4 members (excludes halogenated alkanes) is 15. The number of nitriles is 1. The standard InChI is InChI=1S/C43H67N6O10P/c1-4-5-6-7-8-9-10-11-12-13-14-15-16-17-18-19-24-55-29-34(56-28-32-20-21-33(27-44)36(25-32)54-3)30-57-60(52,53)58-38-26-42(38)39(50)40(51)43(46-2,59-42)37-23-22-35-41(45)47-31-48-49(35)37/h20-23,25,31,34,38-40,46,50-51H,4-19,24,26,28-30H2,1-3H3,(H,52,53)(H2,45,47,48)/t34-,38+,39+,40-,42+,43+/m1/s1. The lowest BCUT2D eigenvalue weighted by atomic mass is 9.99. The molecule has 0 amide bonds. The van der Waals surface area contributed by atoms with Gasteiger partial charge in [-0.25, -0.2) is 14.1 Å². The molecule has 60 heavy (non-hydrogen) atoms. The maximum Gasteiger partial charge on any atom is 0.472 e. The van der Waals surface area contributed by atoms with Crippen LogP contribution in [0.2, 0.25) is 0 Å². The number of hydrogen-bond acceptors (Lipinski definition) is 14. The average molecular weight is 859 g/mol. The minimum atomic E-state index is -4.75. The summed E-state index contributed by atoms with van der Waals surface area (Å²) in [6, 6.07) is 10.5. The van der Waals surface area contributed by atoms with Crippen LogP contribution in [0.1, 0.15) is 133 Å². The van der Waals surface area contributed by atoms with E-state index in [1.165, 1.54) is 101 Å². The summed E-state index contributed by atoms with van der Waals surface area (Å²) in [6.45, 7) is 2.61. The zero-order valence-corrected chi connectivity index (χ0v) is 36.5. The van der Waals surface area contributed by atoms with Gasteiger partial charge in [0.1, 0.15) is 53.7 Å². The maximum absolute atomic E-state index is 13.4. The molecule has 0 radical (unpaired) electrons. The lowest BCUT2D eigenvalue weighted by Crippen LogP contribution is -2.51. The SMILES string of the molecule is CCCCCCCCCCCCCCCCCCOC[C@H](COP(=O)(O)O[C@H]1C[C@]12O[C@@](NC)(c1ccc3c(N)ncnn13)[C@H](O)[C@@H]2O)OCc1ccc(C#N)c(OC)c1. The van der Waals surface area contributed by atoms with E-state index in [2.05, 4.69) is 28.4 Å². The van der Waals surface area contributed by atoms with E-state index >= 15 is 0 Å². The fourth-order valence-electron chi connectivity index (χ4n) is 8.06. The highest BCUT2D eigenvalue weighted by Gasteiger charge is 2.75. The molecule has 1 aromatic carbocycles. The number of anilines is 1. The molecule has 2 aromatic heterocycles. The van der Waals surface area contributed by atoms with E-state index in [-0.39, 0.29) is 32.1 Å². The number of nitrogens with zero attached hydrogens (tertiary/aromatic N) is 4. The lowest BCUT2D eigenvalue weighted by Gasteiger charge is -2.31. The highest BCUT2D eigenvalue weighted by Crippen LogP contribution is 2.61. The molecular weight excluding hydrogens is 791 g/mol. The molecule has 16 nitrogen and oxygen atoms in total. The first-order valence-electron chi connectivity index (χ1n) is 21.8. The fourth-order valence-corrected chi connectivity index (χ4v) is 9.05. The van der Waals surface area contributed by atoms with Crippen molar-refractivity contribution in [2.75, 3.05) is 39.7 Å². The predicted molar refractivity (Wildman–Crippen MR) is 226 cm³/mol. The third-order valence-corrected chi connectivity index (χ3v) is 12.7. The van der Waals surface area contributed by atoms with E-state index in [0.717, 1.165) is 24.8 Å². The van der Waals surface area contributed by atoms with Crippen LogP contribution in [-0.2, 0) is 40.2 Å². The summed E-state index contributed by atoms with van der Waals surface area (Å²) in [5.41, 5.74) is 4.74. The van der Waals surface area contributed by atoms with Crippen LogP contribution in [0, 0.1) is 11.3 Å². The van der Waals surface area contributed by atoms with E-state index in [4.69, 9.17) is 33.7 Å². The molecule has 6 N–H and O–H groups in total. The Morgan fingerprint density at radius 3 is 2.25 bits per heavy atom. The molecule has 17 heteroatoms. The molecule has 2 fully saturated rings. The topological polar surface area (TPSA) is 225 Å². The normalized spacial score (nSPS) is 23.9. The number of nitrogens with two attached hydrogens (primary N) is 1. The third-order valence-electron chi connectivity index (χ3n) is 11.7. The summed E-state index contributed by atoms with van der Waals surface area (Å²) in [7, 11) is -1.71. The Bertz CT molecular complexity index is 1860. The summed E-state index contributed by atoms with van der Waals surface area (Å²) >= 11 is 0. The van der Waals surface area contributed by atoms with Gasteiger partial charge < -0.3 is 39.8 Å². The van der Waals surface area contributed by atoms with Crippen LogP contribution < -0.4 is 15.8 Å². The molecule has 1 saturated heterocycles. The number of aromatic nitrogens is 3. The van der Waals surface area contributed by atoms with E-state index in [0.29, 0.717) is 29.1 Å². The van der Waals surface area contributed by atoms with Crippen molar-refractivity contribution in [2.45, 2.75) is 158 Å².